The maximum Gasteiger partial charge on any atom is 0.508 e. The molecule has 2 heterocycles. The number of aliphatic hydroxyl groups excluding tert-OH is 2. The lowest BCUT2D eigenvalue weighted by molar-refractivity contribution is 0.00205. The summed E-state index contributed by atoms with van der Waals surface area (Å²) >= 11 is 0. The molecule has 0 aromatic heterocycles. The molecule has 0 unspecified atom stereocenters. The third-order valence-electron chi connectivity index (χ3n) is 2.53. The predicted molar refractivity (Wildman–Crippen MR) is 60.1 cm³/mol. The van der Waals surface area contributed by atoms with Crippen LogP contribution in [-0.4, -0.2) is 67.2 Å². The minimum Gasteiger partial charge on any atom is -0.435 e. The summed E-state index contributed by atoms with van der Waals surface area (Å²) < 4.78 is 19.0. The second-order valence-corrected chi connectivity index (χ2v) is 3.85. The Kier molecular flexibility index (Phi) is 6.34. The predicted octanol–water partition coefficient (Wildman–Crippen LogP) is -0.315. The molecule has 0 spiro atoms. The molecule has 18 heavy (non-hydrogen) atoms. The highest BCUT2D eigenvalue weighted by molar-refractivity contribution is 5.59. The van der Waals surface area contributed by atoms with Crippen molar-refractivity contribution in [3.05, 3.63) is 0 Å². The fourth-order valence-corrected chi connectivity index (χ4v) is 1.74. The van der Waals surface area contributed by atoms with Crippen LogP contribution >= 0.6 is 0 Å². The molecule has 0 aromatic rings. The SMILES string of the molecule is CCOC(=O)OCC.O[C@@H]1CO[C@H]2[C@@H]1OC[C@@H]2O. The maximum atomic E-state index is 10.2. The zero-order chi connectivity index (χ0) is 13.5. The molecular weight excluding hydrogens is 244 g/mol. The number of carbonyl (C=O) groups excluding carboxylic acids is 1. The summed E-state index contributed by atoms with van der Waals surface area (Å²) in [6, 6.07) is 0. The third-order valence-corrected chi connectivity index (χ3v) is 2.53. The summed E-state index contributed by atoms with van der Waals surface area (Å²) in [5.41, 5.74) is 0. The van der Waals surface area contributed by atoms with Crippen LogP contribution in [0.15, 0.2) is 0 Å². The van der Waals surface area contributed by atoms with Gasteiger partial charge in [-0.05, 0) is 13.8 Å². The number of ether oxygens (including phenoxy) is 4. The minimum absolute atomic E-state index is 0.284. The Morgan fingerprint density at radius 3 is 1.78 bits per heavy atom. The molecule has 0 saturated carbocycles. The molecule has 0 radical (unpaired) electrons. The normalized spacial score (nSPS) is 33.3. The lowest BCUT2D eigenvalue weighted by atomic mass is 10.1. The Hall–Kier alpha value is -0.890. The van der Waals surface area contributed by atoms with Gasteiger partial charge >= 0.3 is 6.16 Å². The van der Waals surface area contributed by atoms with Crippen LogP contribution in [-0.2, 0) is 18.9 Å². The second kappa shape index (κ2) is 7.52. The average Bonchev–Trinajstić information content (AvgIpc) is 2.86. The minimum atomic E-state index is -0.588. The van der Waals surface area contributed by atoms with Gasteiger partial charge in [-0.3, -0.25) is 0 Å². The number of hydrogen-bond donors (Lipinski definition) is 2. The van der Waals surface area contributed by atoms with E-state index in [-0.39, 0.29) is 25.4 Å². The van der Waals surface area contributed by atoms with Crippen LogP contribution in [0.3, 0.4) is 0 Å². The van der Waals surface area contributed by atoms with Gasteiger partial charge < -0.3 is 29.2 Å². The highest BCUT2D eigenvalue weighted by atomic mass is 16.7. The summed E-state index contributed by atoms with van der Waals surface area (Å²) in [5.74, 6) is 0. The Morgan fingerprint density at radius 2 is 1.44 bits per heavy atom. The average molecular weight is 264 g/mol. The van der Waals surface area contributed by atoms with E-state index in [2.05, 4.69) is 9.47 Å². The first-order valence-electron chi connectivity index (χ1n) is 5.99. The van der Waals surface area contributed by atoms with Crippen LogP contribution in [0.2, 0.25) is 0 Å². The van der Waals surface area contributed by atoms with Crippen molar-refractivity contribution < 1.29 is 34.0 Å². The van der Waals surface area contributed by atoms with Gasteiger partial charge in [0.2, 0.25) is 0 Å². The molecule has 2 aliphatic heterocycles. The van der Waals surface area contributed by atoms with Crippen molar-refractivity contribution in [2.45, 2.75) is 38.3 Å². The molecule has 0 aromatic carbocycles. The van der Waals surface area contributed by atoms with Crippen molar-refractivity contribution in [2.75, 3.05) is 26.4 Å². The number of aliphatic hydroxyl groups is 2. The van der Waals surface area contributed by atoms with Gasteiger partial charge in [0, 0.05) is 0 Å². The summed E-state index contributed by atoms with van der Waals surface area (Å²) in [6.45, 7) is 4.78. The number of fused-ring (bicyclic) bond motifs is 1. The van der Waals surface area contributed by atoms with Crippen LogP contribution < -0.4 is 0 Å². The first-order chi connectivity index (χ1) is 8.60. The van der Waals surface area contributed by atoms with Gasteiger partial charge in [-0.15, -0.1) is 0 Å². The van der Waals surface area contributed by atoms with E-state index in [4.69, 9.17) is 19.7 Å². The van der Waals surface area contributed by atoms with E-state index >= 15 is 0 Å². The molecule has 4 atom stereocenters. The van der Waals surface area contributed by atoms with Crippen molar-refractivity contribution in [1.29, 1.82) is 0 Å². The van der Waals surface area contributed by atoms with Gasteiger partial charge in [0.25, 0.3) is 0 Å². The molecule has 2 aliphatic rings. The highest BCUT2D eigenvalue weighted by Gasteiger charge is 2.46. The van der Waals surface area contributed by atoms with E-state index in [1.807, 2.05) is 0 Å². The summed E-state index contributed by atoms with van der Waals surface area (Å²) in [6.07, 6.45) is -2.29. The van der Waals surface area contributed by atoms with Gasteiger partial charge in [0.15, 0.2) is 0 Å². The number of hydrogen-bond acceptors (Lipinski definition) is 7. The third kappa shape index (κ3) is 4.09. The Labute approximate surface area is 106 Å². The molecule has 2 N–H and O–H groups in total. The smallest absolute Gasteiger partial charge is 0.435 e. The Bertz CT molecular complexity index is 234. The van der Waals surface area contributed by atoms with Crippen LogP contribution in [0.4, 0.5) is 4.79 Å². The van der Waals surface area contributed by atoms with Crippen molar-refractivity contribution in [3.63, 3.8) is 0 Å². The molecule has 2 rings (SSSR count). The number of rotatable bonds is 2. The lowest BCUT2D eigenvalue weighted by Crippen LogP contribution is -2.30. The molecular formula is C11H20O7. The standard InChI is InChI=1S/C6H10O4.C5H10O3/c7-3-1-9-6-4(8)2-10-5(3)6;1-3-7-5(6)8-4-2/h3-8H,1-2H2;3-4H2,1-2H3/t3-,4+,5-,6-;/m1./s1. The molecule has 0 amide bonds. The van der Waals surface area contributed by atoms with Gasteiger partial charge in [0.1, 0.15) is 24.4 Å². The lowest BCUT2D eigenvalue weighted by Gasteiger charge is -2.09. The maximum absolute atomic E-state index is 10.2. The van der Waals surface area contributed by atoms with E-state index in [0.29, 0.717) is 13.2 Å². The van der Waals surface area contributed by atoms with E-state index < -0.39 is 18.4 Å². The van der Waals surface area contributed by atoms with Crippen molar-refractivity contribution >= 4 is 6.16 Å². The first-order valence-corrected chi connectivity index (χ1v) is 5.99. The molecule has 2 saturated heterocycles. The number of carbonyl (C=O) groups is 1. The van der Waals surface area contributed by atoms with Crippen LogP contribution in [0, 0.1) is 0 Å². The van der Waals surface area contributed by atoms with Gasteiger partial charge in [0.05, 0.1) is 26.4 Å². The quantitative estimate of drug-likeness (QED) is 0.660. The van der Waals surface area contributed by atoms with Crippen molar-refractivity contribution in [2.24, 2.45) is 0 Å². The Balaban J connectivity index is 0.000000187. The van der Waals surface area contributed by atoms with Crippen LogP contribution in [0.25, 0.3) is 0 Å². The topological polar surface area (TPSA) is 94.5 Å². The summed E-state index contributed by atoms with van der Waals surface area (Å²) in [4.78, 5) is 10.2. The fourth-order valence-electron chi connectivity index (χ4n) is 1.74. The van der Waals surface area contributed by atoms with E-state index in [1.165, 1.54) is 0 Å². The molecule has 0 aliphatic carbocycles. The zero-order valence-electron chi connectivity index (χ0n) is 10.6. The molecule has 0 bridgehead atoms. The molecule has 7 heteroatoms. The zero-order valence-corrected chi connectivity index (χ0v) is 10.6. The van der Waals surface area contributed by atoms with Crippen molar-refractivity contribution in [3.8, 4) is 0 Å². The van der Waals surface area contributed by atoms with Crippen molar-refractivity contribution in [1.82, 2.24) is 0 Å². The fraction of sp³-hybridized carbons (Fsp3) is 0.909. The molecule has 106 valence electrons. The molecule has 7 nitrogen and oxygen atoms in total. The van der Waals surface area contributed by atoms with E-state index in [0.717, 1.165) is 0 Å². The second-order valence-electron chi connectivity index (χ2n) is 3.85. The van der Waals surface area contributed by atoms with Gasteiger partial charge in [-0.25, -0.2) is 4.79 Å². The monoisotopic (exact) mass is 264 g/mol. The summed E-state index contributed by atoms with van der Waals surface area (Å²) in [7, 11) is 0. The van der Waals surface area contributed by atoms with Gasteiger partial charge in [-0.2, -0.15) is 0 Å². The van der Waals surface area contributed by atoms with E-state index in [9.17, 15) is 4.79 Å². The van der Waals surface area contributed by atoms with Crippen LogP contribution in [0.1, 0.15) is 13.8 Å². The largest absolute Gasteiger partial charge is 0.508 e. The van der Waals surface area contributed by atoms with E-state index in [1.54, 1.807) is 13.8 Å². The summed E-state index contributed by atoms with van der Waals surface area (Å²) in [5, 5.41) is 18.3. The van der Waals surface area contributed by atoms with Gasteiger partial charge in [-0.1, -0.05) is 0 Å². The highest BCUT2D eigenvalue weighted by Crippen LogP contribution is 2.26. The van der Waals surface area contributed by atoms with Crippen LogP contribution in [0.5, 0.6) is 0 Å². The first kappa shape index (κ1) is 15.2. The Morgan fingerprint density at radius 1 is 1.06 bits per heavy atom. The molecule has 2 fully saturated rings.